The van der Waals surface area contributed by atoms with Crippen LogP contribution in [0.5, 0.6) is 0 Å². The summed E-state index contributed by atoms with van der Waals surface area (Å²) in [5.41, 5.74) is -0.0506. The van der Waals surface area contributed by atoms with Gasteiger partial charge in [0.1, 0.15) is 6.10 Å². The van der Waals surface area contributed by atoms with Crippen molar-refractivity contribution < 1.29 is 14.6 Å². The zero-order valence-electron chi connectivity index (χ0n) is 8.94. The van der Waals surface area contributed by atoms with Crippen molar-refractivity contribution in [3.63, 3.8) is 0 Å². The first-order chi connectivity index (χ1) is 7.49. The Hall–Kier alpha value is -1.06. The fraction of sp³-hybridized carbons (Fsp3) is 0.417. The summed E-state index contributed by atoms with van der Waals surface area (Å²) in [5, 5.41) is 10.9. The van der Waals surface area contributed by atoms with E-state index in [1.807, 2.05) is 0 Å². The molecule has 1 aliphatic carbocycles. The molecule has 1 fully saturated rings. The average molecular weight is 241 g/mol. The van der Waals surface area contributed by atoms with E-state index in [2.05, 4.69) is 0 Å². The molecule has 0 aromatic heterocycles. The van der Waals surface area contributed by atoms with Crippen molar-refractivity contribution in [2.45, 2.75) is 31.5 Å². The highest BCUT2D eigenvalue weighted by Gasteiger charge is 2.45. The van der Waals surface area contributed by atoms with Crippen molar-refractivity contribution in [2.75, 3.05) is 0 Å². The maximum atomic E-state index is 10.7. The average Bonchev–Trinajstić information content (AvgIpc) is 2.15. The Bertz CT molecular complexity index is 393. The second-order valence-corrected chi connectivity index (χ2v) is 4.61. The van der Waals surface area contributed by atoms with Crippen LogP contribution in [-0.4, -0.2) is 17.2 Å². The predicted octanol–water partition coefficient (Wildman–Crippen LogP) is 2.25. The van der Waals surface area contributed by atoms with E-state index >= 15 is 0 Å². The smallest absolute Gasteiger partial charge is 0.302 e. The van der Waals surface area contributed by atoms with Gasteiger partial charge in [-0.1, -0.05) is 23.7 Å². The van der Waals surface area contributed by atoms with Gasteiger partial charge < -0.3 is 9.84 Å². The van der Waals surface area contributed by atoms with E-state index in [-0.39, 0.29) is 12.1 Å². The molecule has 0 amide bonds. The highest BCUT2D eigenvalue weighted by atomic mass is 35.5. The molecular weight excluding hydrogens is 228 g/mol. The van der Waals surface area contributed by atoms with E-state index in [9.17, 15) is 9.90 Å². The Morgan fingerprint density at radius 3 is 2.50 bits per heavy atom. The van der Waals surface area contributed by atoms with E-state index in [1.165, 1.54) is 6.92 Å². The third kappa shape index (κ3) is 2.20. The molecule has 0 spiro atoms. The molecule has 4 heteroatoms. The molecule has 0 aliphatic heterocycles. The number of carbonyl (C=O) groups excluding carboxylic acids is 1. The van der Waals surface area contributed by atoms with E-state index in [1.54, 1.807) is 24.3 Å². The summed E-state index contributed by atoms with van der Waals surface area (Å²) in [6.45, 7) is 1.37. The van der Waals surface area contributed by atoms with E-state index < -0.39 is 5.60 Å². The molecule has 2 rings (SSSR count). The zero-order chi connectivity index (χ0) is 11.8. The lowest BCUT2D eigenvalue weighted by atomic mass is 9.73. The van der Waals surface area contributed by atoms with Crippen LogP contribution in [0.25, 0.3) is 0 Å². The van der Waals surface area contributed by atoms with Gasteiger partial charge in [0.2, 0.25) is 0 Å². The molecule has 1 aromatic carbocycles. The number of halogens is 1. The van der Waals surface area contributed by atoms with Gasteiger partial charge in [0, 0.05) is 24.8 Å². The van der Waals surface area contributed by atoms with Crippen LogP contribution in [0, 0.1) is 0 Å². The minimum Gasteiger partial charge on any atom is -0.462 e. The lowest BCUT2D eigenvalue weighted by Gasteiger charge is -2.43. The molecule has 16 heavy (non-hydrogen) atoms. The highest BCUT2D eigenvalue weighted by molar-refractivity contribution is 6.30. The summed E-state index contributed by atoms with van der Waals surface area (Å²) in [7, 11) is 0. The van der Waals surface area contributed by atoms with E-state index in [4.69, 9.17) is 16.3 Å². The molecule has 0 radical (unpaired) electrons. The van der Waals surface area contributed by atoms with Gasteiger partial charge >= 0.3 is 5.97 Å². The first kappa shape index (κ1) is 11.4. The van der Waals surface area contributed by atoms with Crippen LogP contribution < -0.4 is 0 Å². The van der Waals surface area contributed by atoms with Crippen LogP contribution in [0.1, 0.15) is 25.3 Å². The molecule has 86 valence electrons. The van der Waals surface area contributed by atoms with Gasteiger partial charge in [0.25, 0.3) is 0 Å². The Balaban J connectivity index is 2.02. The quantitative estimate of drug-likeness (QED) is 0.807. The number of ether oxygens (including phenoxy) is 1. The first-order valence-corrected chi connectivity index (χ1v) is 5.53. The molecule has 0 bridgehead atoms. The van der Waals surface area contributed by atoms with Crippen LogP contribution in [0.3, 0.4) is 0 Å². The van der Waals surface area contributed by atoms with Crippen molar-refractivity contribution in [2.24, 2.45) is 0 Å². The van der Waals surface area contributed by atoms with Crippen molar-refractivity contribution in [1.29, 1.82) is 0 Å². The fourth-order valence-electron chi connectivity index (χ4n) is 2.01. The van der Waals surface area contributed by atoms with Crippen molar-refractivity contribution in [3.8, 4) is 0 Å². The summed E-state index contributed by atoms with van der Waals surface area (Å²) in [6.07, 6.45) is 0.737. The summed E-state index contributed by atoms with van der Waals surface area (Å²) >= 11 is 5.77. The summed E-state index contributed by atoms with van der Waals surface area (Å²) < 4.78 is 5.00. The second-order valence-electron chi connectivity index (χ2n) is 4.18. The Kier molecular flexibility index (Phi) is 2.91. The number of esters is 1. The highest BCUT2D eigenvalue weighted by Crippen LogP contribution is 2.43. The summed E-state index contributed by atoms with van der Waals surface area (Å²) in [5.74, 6) is -0.303. The summed E-state index contributed by atoms with van der Waals surface area (Å²) in [4.78, 5) is 10.7. The fourth-order valence-corrected chi connectivity index (χ4v) is 2.13. The van der Waals surface area contributed by atoms with E-state index in [0.29, 0.717) is 17.9 Å². The number of hydrogen-bond donors (Lipinski definition) is 1. The number of rotatable bonds is 2. The molecule has 1 N–H and O–H groups in total. The largest absolute Gasteiger partial charge is 0.462 e. The van der Waals surface area contributed by atoms with Crippen molar-refractivity contribution in [1.82, 2.24) is 0 Å². The third-order valence-electron chi connectivity index (χ3n) is 2.84. The van der Waals surface area contributed by atoms with Crippen LogP contribution >= 0.6 is 11.6 Å². The topological polar surface area (TPSA) is 46.5 Å². The normalized spacial score (nSPS) is 28.3. The Morgan fingerprint density at radius 2 is 2.00 bits per heavy atom. The second kappa shape index (κ2) is 4.07. The number of hydrogen-bond acceptors (Lipinski definition) is 3. The molecule has 1 saturated carbocycles. The van der Waals surface area contributed by atoms with Crippen LogP contribution in [-0.2, 0) is 15.1 Å². The van der Waals surface area contributed by atoms with Crippen LogP contribution in [0.15, 0.2) is 24.3 Å². The first-order valence-electron chi connectivity index (χ1n) is 5.15. The van der Waals surface area contributed by atoms with Crippen molar-refractivity contribution >= 4 is 17.6 Å². The molecule has 0 atom stereocenters. The molecule has 3 nitrogen and oxygen atoms in total. The number of benzene rings is 1. The van der Waals surface area contributed by atoms with Gasteiger partial charge in [-0.3, -0.25) is 4.79 Å². The molecule has 1 aromatic rings. The lowest BCUT2D eigenvalue weighted by Crippen LogP contribution is -2.46. The number of aliphatic hydroxyl groups is 1. The minimum atomic E-state index is -0.870. The van der Waals surface area contributed by atoms with Gasteiger partial charge in [-0.05, 0) is 17.7 Å². The van der Waals surface area contributed by atoms with Crippen LogP contribution in [0.2, 0.25) is 5.02 Å². The molecule has 1 aliphatic rings. The SMILES string of the molecule is CC(=O)OC1CC(O)(c2ccc(Cl)cc2)C1. The monoisotopic (exact) mass is 240 g/mol. The minimum absolute atomic E-state index is 0.168. The standard InChI is InChI=1S/C12H13ClO3/c1-8(14)16-11-6-12(15,7-11)9-2-4-10(13)5-3-9/h2-5,11,15H,6-7H2,1H3. The molecule has 0 unspecified atom stereocenters. The Morgan fingerprint density at radius 1 is 1.44 bits per heavy atom. The van der Waals surface area contributed by atoms with Gasteiger partial charge in [0.05, 0.1) is 5.60 Å². The van der Waals surface area contributed by atoms with Gasteiger partial charge in [-0.2, -0.15) is 0 Å². The van der Waals surface area contributed by atoms with Gasteiger partial charge in [-0.15, -0.1) is 0 Å². The third-order valence-corrected chi connectivity index (χ3v) is 3.10. The van der Waals surface area contributed by atoms with Crippen molar-refractivity contribution in [3.05, 3.63) is 34.9 Å². The maximum Gasteiger partial charge on any atom is 0.302 e. The van der Waals surface area contributed by atoms with E-state index in [0.717, 1.165) is 5.56 Å². The predicted molar refractivity (Wildman–Crippen MR) is 60.1 cm³/mol. The molecule has 0 saturated heterocycles. The van der Waals surface area contributed by atoms with Gasteiger partial charge in [0.15, 0.2) is 0 Å². The molecular formula is C12H13ClO3. The molecule has 0 heterocycles. The van der Waals surface area contributed by atoms with Gasteiger partial charge in [-0.25, -0.2) is 0 Å². The lowest BCUT2D eigenvalue weighted by molar-refractivity contribution is -0.172. The zero-order valence-corrected chi connectivity index (χ0v) is 9.70. The van der Waals surface area contributed by atoms with Crippen LogP contribution in [0.4, 0.5) is 0 Å². The number of carbonyl (C=O) groups is 1. The summed E-state index contributed by atoms with van der Waals surface area (Å²) in [6, 6.07) is 7.08. The Labute approximate surface area is 99.0 Å². The maximum absolute atomic E-state index is 10.7.